The molecule has 0 aliphatic carbocycles. The summed E-state index contributed by atoms with van der Waals surface area (Å²) in [6, 6.07) is 14.2. The van der Waals surface area contributed by atoms with E-state index in [2.05, 4.69) is 16.0 Å². The molecule has 0 radical (unpaired) electrons. The van der Waals surface area contributed by atoms with Crippen molar-refractivity contribution in [2.24, 2.45) is 0 Å². The van der Waals surface area contributed by atoms with Crippen LogP contribution in [0.5, 0.6) is 0 Å². The quantitative estimate of drug-likeness (QED) is 0.748. The van der Waals surface area contributed by atoms with Crippen molar-refractivity contribution in [3.63, 3.8) is 0 Å². The van der Waals surface area contributed by atoms with Crippen LogP contribution in [0.1, 0.15) is 33.2 Å². The molecule has 124 valence electrons. The lowest BCUT2D eigenvalue weighted by Crippen LogP contribution is -2.35. The Hall–Kier alpha value is -2.73. The average Bonchev–Trinajstić information content (AvgIpc) is 2.56. The zero-order valence-corrected chi connectivity index (χ0v) is 14.4. The van der Waals surface area contributed by atoms with E-state index in [4.69, 9.17) is 12.2 Å². The standard InChI is InChI=1S/C18H19N3O2S/c1-3-19-17(23)14-6-4-5-7-15(14)20-18(24)21-16(22)13-10-8-12(2)9-11-13/h4-11H,3H2,1-2H3,(H,19,23)(H2,20,21,22,24). The van der Waals surface area contributed by atoms with Crippen molar-refractivity contribution in [1.82, 2.24) is 10.6 Å². The van der Waals surface area contributed by atoms with Gasteiger partial charge in [-0.1, -0.05) is 29.8 Å². The first-order chi connectivity index (χ1) is 11.5. The number of carbonyl (C=O) groups excluding carboxylic acids is 2. The van der Waals surface area contributed by atoms with Crippen LogP contribution in [0.15, 0.2) is 48.5 Å². The Balaban J connectivity index is 2.06. The fourth-order valence-electron chi connectivity index (χ4n) is 2.08. The fourth-order valence-corrected chi connectivity index (χ4v) is 2.28. The molecule has 2 aromatic rings. The van der Waals surface area contributed by atoms with Crippen molar-refractivity contribution in [1.29, 1.82) is 0 Å². The Bertz CT molecular complexity index is 757. The second kappa shape index (κ2) is 8.21. The molecular weight excluding hydrogens is 322 g/mol. The third-order valence-corrected chi connectivity index (χ3v) is 3.50. The minimum Gasteiger partial charge on any atom is -0.352 e. The lowest BCUT2D eigenvalue weighted by atomic mass is 10.1. The number of amides is 2. The van der Waals surface area contributed by atoms with Crippen molar-refractivity contribution < 1.29 is 9.59 Å². The van der Waals surface area contributed by atoms with Gasteiger partial charge in [0.15, 0.2) is 5.11 Å². The Morgan fingerprint density at radius 3 is 2.33 bits per heavy atom. The van der Waals surface area contributed by atoms with Crippen LogP contribution in [0, 0.1) is 6.92 Å². The van der Waals surface area contributed by atoms with Crippen LogP contribution in [-0.2, 0) is 0 Å². The van der Waals surface area contributed by atoms with Gasteiger partial charge >= 0.3 is 0 Å². The molecule has 2 aromatic carbocycles. The largest absolute Gasteiger partial charge is 0.352 e. The van der Waals surface area contributed by atoms with E-state index in [1.54, 1.807) is 36.4 Å². The first-order valence-electron chi connectivity index (χ1n) is 7.57. The Labute approximate surface area is 146 Å². The van der Waals surface area contributed by atoms with Gasteiger partial charge in [0.2, 0.25) is 0 Å². The van der Waals surface area contributed by atoms with E-state index in [9.17, 15) is 9.59 Å². The number of anilines is 1. The summed E-state index contributed by atoms with van der Waals surface area (Å²) >= 11 is 5.17. The molecule has 5 nitrogen and oxygen atoms in total. The molecule has 0 heterocycles. The predicted octanol–water partition coefficient (Wildman–Crippen LogP) is 2.87. The highest BCUT2D eigenvalue weighted by Crippen LogP contribution is 2.15. The first-order valence-corrected chi connectivity index (χ1v) is 7.98. The van der Waals surface area contributed by atoms with E-state index in [0.717, 1.165) is 5.56 Å². The van der Waals surface area contributed by atoms with Gasteiger partial charge in [0.05, 0.1) is 11.3 Å². The second-order valence-electron chi connectivity index (χ2n) is 5.18. The summed E-state index contributed by atoms with van der Waals surface area (Å²) in [7, 11) is 0. The molecule has 0 spiro atoms. The first kappa shape index (κ1) is 17.6. The lowest BCUT2D eigenvalue weighted by Gasteiger charge is -2.13. The van der Waals surface area contributed by atoms with Crippen molar-refractivity contribution in [2.75, 3.05) is 11.9 Å². The summed E-state index contributed by atoms with van der Waals surface area (Å²) < 4.78 is 0. The van der Waals surface area contributed by atoms with Gasteiger partial charge < -0.3 is 10.6 Å². The van der Waals surface area contributed by atoms with Gasteiger partial charge in [0.1, 0.15) is 0 Å². The third kappa shape index (κ3) is 4.63. The van der Waals surface area contributed by atoms with Crippen LogP contribution >= 0.6 is 12.2 Å². The summed E-state index contributed by atoms with van der Waals surface area (Å²) in [6.45, 7) is 4.33. The summed E-state index contributed by atoms with van der Waals surface area (Å²) in [5, 5.41) is 8.39. The smallest absolute Gasteiger partial charge is 0.257 e. The number of para-hydroxylation sites is 1. The highest BCUT2D eigenvalue weighted by molar-refractivity contribution is 7.80. The van der Waals surface area contributed by atoms with Crippen LogP contribution in [-0.4, -0.2) is 23.5 Å². The van der Waals surface area contributed by atoms with Crippen molar-refractivity contribution >= 4 is 34.8 Å². The minimum absolute atomic E-state index is 0.136. The van der Waals surface area contributed by atoms with E-state index < -0.39 is 0 Å². The van der Waals surface area contributed by atoms with Crippen LogP contribution in [0.25, 0.3) is 0 Å². The summed E-state index contributed by atoms with van der Waals surface area (Å²) in [5.74, 6) is -0.503. The van der Waals surface area contributed by atoms with Gasteiger partial charge in [-0.15, -0.1) is 0 Å². The third-order valence-electron chi connectivity index (χ3n) is 3.30. The zero-order valence-electron chi connectivity index (χ0n) is 13.6. The van der Waals surface area contributed by atoms with Gasteiger partial charge in [0, 0.05) is 12.1 Å². The maximum Gasteiger partial charge on any atom is 0.257 e. The maximum absolute atomic E-state index is 12.2. The second-order valence-corrected chi connectivity index (χ2v) is 5.59. The lowest BCUT2D eigenvalue weighted by molar-refractivity contribution is 0.0954. The van der Waals surface area contributed by atoms with Crippen LogP contribution < -0.4 is 16.0 Å². The number of rotatable bonds is 4. The molecule has 24 heavy (non-hydrogen) atoms. The van der Waals surface area contributed by atoms with Crippen LogP contribution in [0.2, 0.25) is 0 Å². The van der Waals surface area contributed by atoms with Gasteiger partial charge in [-0.3, -0.25) is 14.9 Å². The van der Waals surface area contributed by atoms with Gasteiger partial charge in [-0.05, 0) is 50.3 Å². The van der Waals surface area contributed by atoms with E-state index >= 15 is 0 Å². The summed E-state index contributed by atoms with van der Waals surface area (Å²) in [4.78, 5) is 24.2. The molecule has 0 saturated heterocycles. The average molecular weight is 341 g/mol. The Morgan fingerprint density at radius 2 is 1.67 bits per heavy atom. The molecular formula is C18H19N3O2S. The monoisotopic (exact) mass is 341 g/mol. The maximum atomic E-state index is 12.2. The molecule has 0 fully saturated rings. The molecule has 2 amide bonds. The van der Waals surface area contributed by atoms with Crippen molar-refractivity contribution in [2.45, 2.75) is 13.8 Å². The molecule has 3 N–H and O–H groups in total. The van der Waals surface area contributed by atoms with Crippen molar-refractivity contribution in [3.8, 4) is 0 Å². The fraction of sp³-hybridized carbons (Fsp3) is 0.167. The summed E-state index contributed by atoms with van der Waals surface area (Å²) in [6.07, 6.45) is 0. The molecule has 0 aliphatic heterocycles. The molecule has 0 saturated carbocycles. The normalized spacial score (nSPS) is 9.92. The summed E-state index contributed by atoms with van der Waals surface area (Å²) in [5.41, 5.74) is 2.59. The highest BCUT2D eigenvalue weighted by Gasteiger charge is 2.12. The SMILES string of the molecule is CCNC(=O)c1ccccc1NC(=S)NC(=O)c1ccc(C)cc1. The molecule has 0 atom stereocenters. The number of aryl methyl sites for hydroxylation is 1. The molecule has 0 aromatic heterocycles. The number of hydrogen-bond acceptors (Lipinski definition) is 3. The number of carbonyl (C=O) groups is 2. The number of benzene rings is 2. The zero-order chi connectivity index (χ0) is 17.5. The number of thiocarbonyl (C=S) groups is 1. The van der Waals surface area contributed by atoms with E-state index in [0.29, 0.717) is 23.4 Å². The predicted molar refractivity (Wildman–Crippen MR) is 99.3 cm³/mol. The minimum atomic E-state index is -0.303. The van der Waals surface area contributed by atoms with E-state index in [-0.39, 0.29) is 16.9 Å². The molecule has 0 aliphatic rings. The highest BCUT2D eigenvalue weighted by atomic mass is 32.1. The Kier molecular flexibility index (Phi) is 6.03. The van der Waals surface area contributed by atoms with Crippen molar-refractivity contribution in [3.05, 3.63) is 65.2 Å². The molecule has 0 bridgehead atoms. The molecule has 0 unspecified atom stereocenters. The molecule has 6 heteroatoms. The van der Waals surface area contributed by atoms with Gasteiger partial charge in [-0.25, -0.2) is 0 Å². The number of hydrogen-bond donors (Lipinski definition) is 3. The van der Waals surface area contributed by atoms with Gasteiger partial charge in [0.25, 0.3) is 11.8 Å². The topological polar surface area (TPSA) is 70.2 Å². The van der Waals surface area contributed by atoms with Crippen LogP contribution in [0.3, 0.4) is 0 Å². The van der Waals surface area contributed by atoms with Crippen LogP contribution in [0.4, 0.5) is 5.69 Å². The number of nitrogens with one attached hydrogen (secondary N) is 3. The molecule has 2 rings (SSSR count). The Morgan fingerprint density at radius 1 is 1.00 bits per heavy atom. The van der Waals surface area contributed by atoms with E-state index in [1.807, 2.05) is 26.0 Å². The van der Waals surface area contributed by atoms with E-state index in [1.165, 1.54) is 0 Å². The van der Waals surface area contributed by atoms with Gasteiger partial charge in [-0.2, -0.15) is 0 Å².